The highest BCUT2D eigenvalue weighted by Crippen LogP contribution is 2.44. The Morgan fingerprint density at radius 2 is 2.10 bits per heavy atom. The third-order valence-corrected chi connectivity index (χ3v) is 6.62. The molecular formula is C21H24FN3O4. The molecule has 3 N–H and O–H groups in total. The Morgan fingerprint density at radius 3 is 2.79 bits per heavy atom. The van der Waals surface area contributed by atoms with E-state index in [4.69, 9.17) is 10.5 Å². The van der Waals surface area contributed by atoms with Crippen LogP contribution >= 0.6 is 0 Å². The molecule has 8 heteroatoms. The highest BCUT2D eigenvalue weighted by Gasteiger charge is 2.39. The maximum absolute atomic E-state index is 15.2. The fraction of sp³-hybridized carbons (Fsp3) is 0.524. The second-order valence-corrected chi connectivity index (χ2v) is 8.59. The molecule has 0 amide bonds. The smallest absolute Gasteiger partial charge is 0.341 e. The van der Waals surface area contributed by atoms with Gasteiger partial charge in [-0.05, 0) is 44.1 Å². The van der Waals surface area contributed by atoms with Crippen molar-refractivity contribution in [3.63, 3.8) is 0 Å². The molecule has 0 bridgehead atoms. The lowest BCUT2D eigenvalue weighted by molar-refractivity contribution is 0.0694. The zero-order chi connectivity index (χ0) is 20.4. The summed E-state index contributed by atoms with van der Waals surface area (Å²) in [6.45, 7) is 3.49. The van der Waals surface area contributed by atoms with Gasteiger partial charge in [0.05, 0.1) is 16.9 Å². The molecule has 3 aliphatic rings. The number of carboxylic acid groups (broad SMARTS) is 1. The van der Waals surface area contributed by atoms with Crippen LogP contribution in [0.4, 0.5) is 10.1 Å². The van der Waals surface area contributed by atoms with E-state index in [9.17, 15) is 14.7 Å². The molecule has 1 saturated carbocycles. The SMILES string of the molecule is CC1COc2c(N3CCC(C(N)C4CC4)C3)c(F)cc3c(=O)c(C(=O)O)cn1c23. The zero-order valence-corrected chi connectivity index (χ0v) is 16.2. The number of hydrogen-bond acceptors (Lipinski definition) is 5. The van der Waals surface area contributed by atoms with Crippen molar-refractivity contribution in [2.45, 2.75) is 38.3 Å². The molecule has 2 fully saturated rings. The average Bonchev–Trinajstić information content (AvgIpc) is 3.42. The molecule has 154 valence electrons. The molecule has 0 spiro atoms. The molecular weight excluding hydrogens is 377 g/mol. The summed E-state index contributed by atoms with van der Waals surface area (Å²) in [5.74, 6) is -0.663. The van der Waals surface area contributed by atoms with Crippen LogP contribution in [-0.4, -0.2) is 41.4 Å². The Morgan fingerprint density at radius 1 is 1.34 bits per heavy atom. The van der Waals surface area contributed by atoms with Crippen molar-refractivity contribution in [3.05, 3.63) is 33.9 Å². The first kappa shape index (κ1) is 18.4. The molecule has 3 atom stereocenters. The fourth-order valence-corrected chi connectivity index (χ4v) is 4.83. The average molecular weight is 401 g/mol. The van der Waals surface area contributed by atoms with Crippen LogP contribution in [0.5, 0.6) is 5.75 Å². The maximum atomic E-state index is 15.2. The molecule has 5 rings (SSSR count). The highest BCUT2D eigenvalue weighted by atomic mass is 19.1. The minimum absolute atomic E-state index is 0.0399. The van der Waals surface area contributed by atoms with E-state index in [-0.39, 0.29) is 29.6 Å². The topological polar surface area (TPSA) is 97.8 Å². The van der Waals surface area contributed by atoms with Crippen LogP contribution in [0.3, 0.4) is 0 Å². The number of rotatable bonds is 4. The summed E-state index contributed by atoms with van der Waals surface area (Å²) in [5.41, 5.74) is 6.15. The molecule has 29 heavy (non-hydrogen) atoms. The van der Waals surface area contributed by atoms with E-state index in [0.29, 0.717) is 41.9 Å². The van der Waals surface area contributed by atoms with Crippen molar-refractivity contribution in [2.24, 2.45) is 17.6 Å². The molecule has 2 aliphatic heterocycles. The third kappa shape index (κ3) is 2.80. The number of aromatic carboxylic acids is 1. The van der Waals surface area contributed by atoms with Gasteiger partial charge in [-0.3, -0.25) is 4.79 Å². The second kappa shape index (κ2) is 6.45. The number of ether oxygens (including phenoxy) is 1. The van der Waals surface area contributed by atoms with Crippen LogP contribution in [0.25, 0.3) is 10.9 Å². The van der Waals surface area contributed by atoms with Crippen molar-refractivity contribution >= 4 is 22.6 Å². The van der Waals surface area contributed by atoms with E-state index in [1.165, 1.54) is 19.0 Å². The minimum Gasteiger partial charge on any atom is -0.487 e. The number of nitrogens with two attached hydrogens (primary N) is 1. The second-order valence-electron chi connectivity index (χ2n) is 8.59. The maximum Gasteiger partial charge on any atom is 0.341 e. The van der Waals surface area contributed by atoms with E-state index < -0.39 is 17.2 Å². The number of anilines is 1. The summed E-state index contributed by atoms with van der Waals surface area (Å²) in [7, 11) is 0. The van der Waals surface area contributed by atoms with Gasteiger partial charge >= 0.3 is 5.97 Å². The minimum atomic E-state index is -1.32. The molecule has 3 heterocycles. The van der Waals surface area contributed by atoms with Gasteiger partial charge in [0.15, 0.2) is 11.6 Å². The Labute approximate surface area is 166 Å². The Balaban J connectivity index is 1.65. The number of nitrogens with zero attached hydrogens (tertiary/aromatic N) is 2. The molecule has 1 aromatic heterocycles. The number of aromatic nitrogens is 1. The lowest BCUT2D eigenvalue weighted by Gasteiger charge is -2.31. The van der Waals surface area contributed by atoms with Crippen molar-refractivity contribution in [1.29, 1.82) is 0 Å². The standard InChI is InChI=1S/C21H24FN3O4/c1-10-9-29-20-17-13(19(26)14(21(27)28)8-25(10)17)6-15(22)18(20)24-5-4-12(7-24)16(23)11-2-3-11/h6,8,10-12,16H,2-5,7,9,23H2,1H3,(H,27,28). The zero-order valence-electron chi connectivity index (χ0n) is 16.2. The van der Waals surface area contributed by atoms with Gasteiger partial charge in [-0.25, -0.2) is 9.18 Å². The van der Waals surface area contributed by atoms with Crippen molar-refractivity contribution < 1.29 is 19.0 Å². The Bertz CT molecular complexity index is 1080. The normalized spacial score (nSPS) is 24.6. The molecule has 1 saturated heterocycles. The van der Waals surface area contributed by atoms with Gasteiger partial charge in [0, 0.05) is 25.3 Å². The third-order valence-electron chi connectivity index (χ3n) is 6.62. The van der Waals surface area contributed by atoms with Crippen LogP contribution in [0, 0.1) is 17.7 Å². The van der Waals surface area contributed by atoms with Crippen molar-refractivity contribution in [1.82, 2.24) is 4.57 Å². The van der Waals surface area contributed by atoms with Crippen LogP contribution in [0.15, 0.2) is 17.1 Å². The highest BCUT2D eigenvalue weighted by molar-refractivity contribution is 5.97. The lowest BCUT2D eigenvalue weighted by atomic mass is 9.96. The van der Waals surface area contributed by atoms with E-state index >= 15 is 4.39 Å². The molecule has 3 unspecified atom stereocenters. The van der Waals surface area contributed by atoms with Gasteiger partial charge in [0.2, 0.25) is 5.43 Å². The number of halogens is 1. The Hall–Kier alpha value is -2.61. The van der Waals surface area contributed by atoms with Gasteiger partial charge in [-0.2, -0.15) is 0 Å². The van der Waals surface area contributed by atoms with E-state index in [1.54, 1.807) is 4.57 Å². The van der Waals surface area contributed by atoms with Crippen LogP contribution < -0.4 is 20.8 Å². The summed E-state index contributed by atoms with van der Waals surface area (Å²) in [4.78, 5) is 26.2. The summed E-state index contributed by atoms with van der Waals surface area (Å²) in [6, 6.07) is 1.13. The van der Waals surface area contributed by atoms with Crippen LogP contribution in [-0.2, 0) is 0 Å². The largest absolute Gasteiger partial charge is 0.487 e. The van der Waals surface area contributed by atoms with Crippen LogP contribution in [0.1, 0.15) is 42.6 Å². The van der Waals surface area contributed by atoms with Gasteiger partial charge < -0.3 is 25.0 Å². The van der Waals surface area contributed by atoms with Gasteiger partial charge in [0.25, 0.3) is 0 Å². The summed E-state index contributed by atoms with van der Waals surface area (Å²) in [6.07, 6.45) is 4.59. The summed E-state index contributed by atoms with van der Waals surface area (Å²) < 4.78 is 22.9. The number of benzene rings is 1. The number of carbonyl (C=O) groups is 1. The first-order chi connectivity index (χ1) is 13.9. The lowest BCUT2D eigenvalue weighted by Crippen LogP contribution is -2.35. The Kier molecular flexibility index (Phi) is 4.10. The first-order valence-electron chi connectivity index (χ1n) is 10.1. The molecule has 1 aromatic carbocycles. The van der Waals surface area contributed by atoms with E-state index in [0.717, 1.165) is 12.5 Å². The fourth-order valence-electron chi connectivity index (χ4n) is 4.83. The van der Waals surface area contributed by atoms with Gasteiger partial charge in [-0.1, -0.05) is 0 Å². The molecule has 0 radical (unpaired) electrons. The van der Waals surface area contributed by atoms with Crippen molar-refractivity contribution in [2.75, 3.05) is 24.6 Å². The predicted molar refractivity (Wildman–Crippen MR) is 106 cm³/mol. The van der Waals surface area contributed by atoms with Gasteiger partial charge in [-0.15, -0.1) is 0 Å². The summed E-state index contributed by atoms with van der Waals surface area (Å²) >= 11 is 0. The van der Waals surface area contributed by atoms with E-state index in [1.807, 2.05) is 11.8 Å². The monoisotopic (exact) mass is 401 g/mol. The van der Waals surface area contributed by atoms with Crippen LogP contribution in [0.2, 0.25) is 0 Å². The quantitative estimate of drug-likeness (QED) is 0.816. The number of hydrogen-bond donors (Lipinski definition) is 2. The summed E-state index contributed by atoms with van der Waals surface area (Å²) in [5, 5.41) is 9.43. The molecule has 7 nitrogen and oxygen atoms in total. The predicted octanol–water partition coefficient (Wildman–Crippen LogP) is 2.36. The van der Waals surface area contributed by atoms with Crippen molar-refractivity contribution in [3.8, 4) is 5.75 Å². The van der Waals surface area contributed by atoms with E-state index in [2.05, 4.69) is 0 Å². The van der Waals surface area contributed by atoms with Gasteiger partial charge in [0.1, 0.15) is 17.9 Å². The first-order valence-corrected chi connectivity index (χ1v) is 10.1. The molecule has 1 aliphatic carbocycles. The number of pyridine rings is 1. The number of carboxylic acids is 1. The molecule has 2 aromatic rings.